The van der Waals surface area contributed by atoms with Crippen LogP contribution in [0.15, 0.2) is 24.3 Å². The van der Waals surface area contributed by atoms with Crippen molar-refractivity contribution < 1.29 is 9.53 Å². The standard InChI is InChI=1S/C11H14ClNO2/c1-3-15-10-6-4-9(5-7-10)13-11(14)8(2)12/h4-8H,3H2,1-2H3,(H,13,14)/t8-/m0/s1. The van der Waals surface area contributed by atoms with Gasteiger partial charge in [0.1, 0.15) is 11.1 Å². The van der Waals surface area contributed by atoms with Crippen LogP contribution in [-0.2, 0) is 4.79 Å². The first-order chi connectivity index (χ1) is 7.13. The van der Waals surface area contributed by atoms with Gasteiger partial charge in [0.25, 0.3) is 0 Å². The number of carbonyl (C=O) groups excluding carboxylic acids is 1. The fourth-order valence-electron chi connectivity index (χ4n) is 1.04. The van der Waals surface area contributed by atoms with E-state index >= 15 is 0 Å². The Labute approximate surface area is 94.4 Å². The van der Waals surface area contributed by atoms with Gasteiger partial charge >= 0.3 is 0 Å². The quantitative estimate of drug-likeness (QED) is 0.804. The molecule has 0 spiro atoms. The van der Waals surface area contributed by atoms with Crippen molar-refractivity contribution in [1.82, 2.24) is 0 Å². The Balaban J connectivity index is 2.60. The topological polar surface area (TPSA) is 38.3 Å². The van der Waals surface area contributed by atoms with Gasteiger partial charge in [0, 0.05) is 5.69 Å². The van der Waals surface area contributed by atoms with E-state index in [-0.39, 0.29) is 5.91 Å². The summed E-state index contributed by atoms with van der Waals surface area (Å²) in [5.74, 6) is 0.579. The third kappa shape index (κ3) is 3.80. The normalized spacial score (nSPS) is 11.9. The van der Waals surface area contributed by atoms with E-state index in [0.29, 0.717) is 6.61 Å². The number of alkyl halides is 1. The van der Waals surface area contributed by atoms with Gasteiger partial charge in [-0.05, 0) is 38.1 Å². The molecule has 0 saturated carbocycles. The Morgan fingerprint density at radius 2 is 2.07 bits per heavy atom. The molecule has 0 aliphatic rings. The maximum absolute atomic E-state index is 11.2. The van der Waals surface area contributed by atoms with Crippen molar-refractivity contribution in [3.8, 4) is 5.75 Å². The van der Waals surface area contributed by atoms with Crippen molar-refractivity contribution in [1.29, 1.82) is 0 Å². The lowest BCUT2D eigenvalue weighted by Gasteiger charge is -2.07. The highest BCUT2D eigenvalue weighted by Crippen LogP contribution is 2.16. The van der Waals surface area contributed by atoms with Crippen LogP contribution in [-0.4, -0.2) is 17.9 Å². The molecule has 82 valence electrons. The van der Waals surface area contributed by atoms with Gasteiger partial charge in [-0.3, -0.25) is 4.79 Å². The van der Waals surface area contributed by atoms with Crippen LogP contribution in [0.4, 0.5) is 5.69 Å². The monoisotopic (exact) mass is 227 g/mol. The second-order valence-corrected chi connectivity index (χ2v) is 3.72. The molecular weight excluding hydrogens is 214 g/mol. The lowest BCUT2D eigenvalue weighted by atomic mass is 10.3. The summed E-state index contributed by atoms with van der Waals surface area (Å²) in [4.78, 5) is 11.2. The molecule has 0 aliphatic heterocycles. The Bertz CT molecular complexity index is 322. The fraction of sp³-hybridized carbons (Fsp3) is 0.364. The molecule has 0 heterocycles. The molecule has 1 amide bonds. The summed E-state index contributed by atoms with van der Waals surface area (Å²) in [6.07, 6.45) is 0. The van der Waals surface area contributed by atoms with Crippen LogP contribution in [0.3, 0.4) is 0 Å². The van der Waals surface area contributed by atoms with Gasteiger partial charge in [-0.25, -0.2) is 0 Å². The zero-order valence-corrected chi connectivity index (χ0v) is 9.54. The van der Waals surface area contributed by atoms with Crippen molar-refractivity contribution in [2.24, 2.45) is 0 Å². The molecule has 1 rings (SSSR count). The van der Waals surface area contributed by atoms with Gasteiger partial charge in [-0.1, -0.05) is 0 Å². The molecule has 15 heavy (non-hydrogen) atoms. The van der Waals surface area contributed by atoms with Crippen molar-refractivity contribution >= 4 is 23.2 Å². The first-order valence-corrected chi connectivity index (χ1v) is 5.25. The number of rotatable bonds is 4. The lowest BCUT2D eigenvalue weighted by molar-refractivity contribution is -0.115. The highest BCUT2D eigenvalue weighted by molar-refractivity contribution is 6.32. The molecule has 1 aromatic rings. The Hall–Kier alpha value is -1.22. The van der Waals surface area contributed by atoms with E-state index in [1.165, 1.54) is 0 Å². The number of anilines is 1. The molecule has 1 N–H and O–H groups in total. The van der Waals surface area contributed by atoms with Crippen LogP contribution < -0.4 is 10.1 Å². The van der Waals surface area contributed by atoms with Gasteiger partial charge < -0.3 is 10.1 Å². The molecule has 3 nitrogen and oxygen atoms in total. The number of benzene rings is 1. The number of hydrogen-bond acceptors (Lipinski definition) is 2. The van der Waals surface area contributed by atoms with Crippen molar-refractivity contribution in [3.05, 3.63) is 24.3 Å². The first-order valence-electron chi connectivity index (χ1n) is 4.81. The molecular formula is C11H14ClNO2. The predicted octanol–water partition coefficient (Wildman–Crippen LogP) is 2.65. The van der Waals surface area contributed by atoms with Gasteiger partial charge in [-0.2, -0.15) is 0 Å². The Morgan fingerprint density at radius 1 is 1.47 bits per heavy atom. The number of amides is 1. The minimum atomic E-state index is -0.531. The predicted molar refractivity (Wildman–Crippen MR) is 61.6 cm³/mol. The smallest absolute Gasteiger partial charge is 0.242 e. The number of ether oxygens (including phenoxy) is 1. The average molecular weight is 228 g/mol. The van der Waals surface area contributed by atoms with Crippen molar-refractivity contribution in [2.45, 2.75) is 19.2 Å². The third-order valence-electron chi connectivity index (χ3n) is 1.79. The molecule has 0 aliphatic carbocycles. The summed E-state index contributed by atoms with van der Waals surface area (Å²) < 4.78 is 5.27. The summed E-state index contributed by atoms with van der Waals surface area (Å²) >= 11 is 5.62. The van der Waals surface area contributed by atoms with E-state index in [1.54, 1.807) is 31.2 Å². The molecule has 1 atom stereocenters. The first kappa shape index (κ1) is 11.9. The van der Waals surface area contributed by atoms with E-state index in [2.05, 4.69) is 5.32 Å². The minimum Gasteiger partial charge on any atom is -0.494 e. The average Bonchev–Trinajstić information content (AvgIpc) is 2.21. The number of hydrogen-bond donors (Lipinski definition) is 1. The number of carbonyl (C=O) groups is 1. The summed E-state index contributed by atoms with van der Waals surface area (Å²) in [5.41, 5.74) is 0.718. The van der Waals surface area contributed by atoms with Crippen LogP contribution in [0.5, 0.6) is 5.75 Å². The van der Waals surface area contributed by atoms with Gasteiger partial charge in [0.15, 0.2) is 0 Å². The summed E-state index contributed by atoms with van der Waals surface area (Å²) in [6.45, 7) is 4.18. The maximum atomic E-state index is 11.2. The SMILES string of the molecule is CCOc1ccc(NC(=O)[C@H](C)Cl)cc1. The second kappa shape index (κ2) is 5.61. The van der Waals surface area contributed by atoms with E-state index in [9.17, 15) is 4.79 Å². The minimum absolute atomic E-state index is 0.208. The van der Waals surface area contributed by atoms with Crippen LogP contribution in [0.1, 0.15) is 13.8 Å². The van der Waals surface area contributed by atoms with Crippen LogP contribution in [0.2, 0.25) is 0 Å². The van der Waals surface area contributed by atoms with Crippen molar-refractivity contribution in [2.75, 3.05) is 11.9 Å². The van der Waals surface area contributed by atoms with E-state index in [0.717, 1.165) is 11.4 Å². The molecule has 4 heteroatoms. The maximum Gasteiger partial charge on any atom is 0.242 e. The largest absolute Gasteiger partial charge is 0.494 e. The zero-order valence-electron chi connectivity index (χ0n) is 8.79. The molecule has 0 saturated heterocycles. The van der Waals surface area contributed by atoms with E-state index in [1.807, 2.05) is 6.92 Å². The lowest BCUT2D eigenvalue weighted by Crippen LogP contribution is -2.20. The molecule has 0 radical (unpaired) electrons. The zero-order chi connectivity index (χ0) is 11.3. The summed E-state index contributed by atoms with van der Waals surface area (Å²) in [5, 5.41) is 2.15. The highest BCUT2D eigenvalue weighted by Gasteiger charge is 2.08. The molecule has 1 aromatic carbocycles. The van der Waals surface area contributed by atoms with Gasteiger partial charge in [-0.15, -0.1) is 11.6 Å². The van der Waals surface area contributed by atoms with Crippen LogP contribution in [0.25, 0.3) is 0 Å². The number of halogens is 1. The van der Waals surface area contributed by atoms with Gasteiger partial charge in [0.2, 0.25) is 5.91 Å². The fourth-order valence-corrected chi connectivity index (χ4v) is 1.10. The Morgan fingerprint density at radius 3 is 2.53 bits per heavy atom. The second-order valence-electron chi connectivity index (χ2n) is 3.06. The van der Waals surface area contributed by atoms with Crippen LogP contribution >= 0.6 is 11.6 Å². The van der Waals surface area contributed by atoms with Crippen LogP contribution in [0, 0.1) is 0 Å². The molecule has 0 bridgehead atoms. The molecule has 0 unspecified atom stereocenters. The summed E-state index contributed by atoms with van der Waals surface area (Å²) in [7, 11) is 0. The molecule has 0 fully saturated rings. The molecule has 0 aromatic heterocycles. The number of nitrogens with one attached hydrogen (secondary N) is 1. The summed E-state index contributed by atoms with van der Waals surface area (Å²) in [6, 6.07) is 7.17. The van der Waals surface area contributed by atoms with Crippen molar-refractivity contribution in [3.63, 3.8) is 0 Å². The Kier molecular flexibility index (Phi) is 4.43. The third-order valence-corrected chi connectivity index (χ3v) is 1.99. The highest BCUT2D eigenvalue weighted by atomic mass is 35.5. The van der Waals surface area contributed by atoms with E-state index < -0.39 is 5.38 Å². The van der Waals surface area contributed by atoms with E-state index in [4.69, 9.17) is 16.3 Å². The van der Waals surface area contributed by atoms with Gasteiger partial charge in [0.05, 0.1) is 6.61 Å².